The van der Waals surface area contributed by atoms with Crippen molar-refractivity contribution in [3.8, 4) is 0 Å². The van der Waals surface area contributed by atoms with E-state index in [1.165, 1.54) is 43.6 Å². The van der Waals surface area contributed by atoms with Gasteiger partial charge in [-0.2, -0.15) is 0 Å². The monoisotopic (exact) mass is 296 g/mol. The largest absolute Gasteiger partial charge is 0.371 e. The number of halogens is 1. The third-order valence-corrected chi connectivity index (χ3v) is 4.55. The zero-order valence-electron chi connectivity index (χ0n) is 10.5. The van der Waals surface area contributed by atoms with E-state index >= 15 is 0 Å². The van der Waals surface area contributed by atoms with Crippen LogP contribution in [0.15, 0.2) is 22.7 Å². The van der Waals surface area contributed by atoms with Crippen molar-refractivity contribution in [1.82, 2.24) is 0 Å². The molecule has 1 heterocycles. The molecule has 1 aliphatic heterocycles. The van der Waals surface area contributed by atoms with Gasteiger partial charge in [0.15, 0.2) is 0 Å². The van der Waals surface area contributed by atoms with E-state index in [0.717, 1.165) is 10.4 Å². The molecule has 0 radical (unpaired) electrons. The molecule has 0 aromatic heterocycles. The SMILES string of the molecule is CCC1CCN(c2ccc(CN)c(Br)c2)CC1. The fraction of sp³-hybridized carbons (Fsp3) is 0.571. The maximum atomic E-state index is 5.67. The molecule has 2 rings (SSSR count). The minimum atomic E-state index is 0.596. The first-order valence-electron chi connectivity index (χ1n) is 6.48. The van der Waals surface area contributed by atoms with Crippen molar-refractivity contribution in [3.63, 3.8) is 0 Å². The first-order chi connectivity index (χ1) is 8.24. The lowest BCUT2D eigenvalue weighted by Crippen LogP contribution is -2.33. The van der Waals surface area contributed by atoms with Gasteiger partial charge in [0.25, 0.3) is 0 Å². The Hall–Kier alpha value is -0.540. The highest BCUT2D eigenvalue weighted by Crippen LogP contribution is 2.28. The second-order valence-corrected chi connectivity index (χ2v) is 5.67. The summed E-state index contributed by atoms with van der Waals surface area (Å²) in [5.41, 5.74) is 8.17. The zero-order valence-corrected chi connectivity index (χ0v) is 12.0. The Morgan fingerprint density at radius 2 is 2.06 bits per heavy atom. The molecule has 0 spiro atoms. The summed E-state index contributed by atoms with van der Waals surface area (Å²) in [6, 6.07) is 6.53. The number of hydrogen-bond donors (Lipinski definition) is 1. The van der Waals surface area contributed by atoms with Gasteiger partial charge in [-0.25, -0.2) is 0 Å². The van der Waals surface area contributed by atoms with Gasteiger partial charge in [0, 0.05) is 29.8 Å². The predicted molar refractivity (Wildman–Crippen MR) is 77.3 cm³/mol. The second kappa shape index (κ2) is 5.87. The van der Waals surface area contributed by atoms with Gasteiger partial charge < -0.3 is 10.6 Å². The Morgan fingerprint density at radius 1 is 1.35 bits per heavy atom. The third-order valence-electron chi connectivity index (χ3n) is 3.81. The molecular weight excluding hydrogens is 276 g/mol. The Bertz CT molecular complexity index is 370. The van der Waals surface area contributed by atoms with Crippen molar-refractivity contribution in [2.45, 2.75) is 32.7 Å². The molecule has 0 saturated carbocycles. The van der Waals surface area contributed by atoms with E-state index in [4.69, 9.17) is 5.73 Å². The predicted octanol–water partition coefficient (Wildman–Crippen LogP) is 3.53. The maximum Gasteiger partial charge on any atom is 0.0377 e. The van der Waals surface area contributed by atoms with E-state index in [2.05, 4.69) is 46.0 Å². The molecule has 0 aliphatic carbocycles. The Morgan fingerprint density at radius 3 is 2.59 bits per heavy atom. The van der Waals surface area contributed by atoms with Crippen LogP contribution >= 0.6 is 15.9 Å². The van der Waals surface area contributed by atoms with Crippen LogP contribution in [-0.4, -0.2) is 13.1 Å². The van der Waals surface area contributed by atoms with Gasteiger partial charge >= 0.3 is 0 Å². The quantitative estimate of drug-likeness (QED) is 0.924. The summed E-state index contributed by atoms with van der Waals surface area (Å²) >= 11 is 3.59. The van der Waals surface area contributed by atoms with Crippen LogP contribution in [0.25, 0.3) is 0 Å². The Labute approximate surface area is 112 Å². The molecule has 0 atom stereocenters. The zero-order chi connectivity index (χ0) is 12.3. The lowest BCUT2D eigenvalue weighted by molar-refractivity contribution is 0.395. The van der Waals surface area contributed by atoms with Crippen LogP contribution in [0.1, 0.15) is 31.7 Å². The van der Waals surface area contributed by atoms with E-state index in [1.54, 1.807) is 0 Å². The molecule has 1 saturated heterocycles. The van der Waals surface area contributed by atoms with Crippen molar-refractivity contribution in [2.24, 2.45) is 11.7 Å². The van der Waals surface area contributed by atoms with Crippen LogP contribution in [-0.2, 0) is 6.54 Å². The van der Waals surface area contributed by atoms with Crippen LogP contribution in [0.3, 0.4) is 0 Å². The van der Waals surface area contributed by atoms with Gasteiger partial charge in [-0.15, -0.1) is 0 Å². The lowest BCUT2D eigenvalue weighted by Gasteiger charge is -2.33. The highest BCUT2D eigenvalue weighted by atomic mass is 79.9. The van der Waals surface area contributed by atoms with Crippen molar-refractivity contribution in [1.29, 1.82) is 0 Å². The van der Waals surface area contributed by atoms with Gasteiger partial charge in [-0.05, 0) is 36.5 Å². The van der Waals surface area contributed by atoms with Gasteiger partial charge in [-0.3, -0.25) is 0 Å². The summed E-state index contributed by atoms with van der Waals surface area (Å²) in [6.45, 7) is 5.27. The van der Waals surface area contributed by atoms with E-state index in [9.17, 15) is 0 Å². The second-order valence-electron chi connectivity index (χ2n) is 4.82. The maximum absolute atomic E-state index is 5.67. The molecule has 0 amide bonds. The molecule has 2 nitrogen and oxygen atoms in total. The number of benzene rings is 1. The smallest absolute Gasteiger partial charge is 0.0377 e. The summed E-state index contributed by atoms with van der Waals surface area (Å²) in [6.07, 6.45) is 3.98. The van der Waals surface area contributed by atoms with E-state index in [-0.39, 0.29) is 0 Å². The van der Waals surface area contributed by atoms with E-state index in [1.807, 2.05) is 0 Å². The number of nitrogens with two attached hydrogens (primary N) is 1. The fourth-order valence-corrected chi connectivity index (χ4v) is 3.03. The van der Waals surface area contributed by atoms with Gasteiger partial charge in [-0.1, -0.05) is 35.3 Å². The molecule has 3 heteroatoms. The topological polar surface area (TPSA) is 29.3 Å². The lowest BCUT2D eigenvalue weighted by atomic mass is 9.94. The van der Waals surface area contributed by atoms with Gasteiger partial charge in [0.05, 0.1) is 0 Å². The Kier molecular flexibility index (Phi) is 4.46. The summed E-state index contributed by atoms with van der Waals surface area (Å²) in [5.74, 6) is 0.929. The molecule has 0 unspecified atom stereocenters. The highest BCUT2D eigenvalue weighted by Gasteiger charge is 2.18. The molecule has 2 N–H and O–H groups in total. The third kappa shape index (κ3) is 3.02. The summed E-state index contributed by atoms with van der Waals surface area (Å²) < 4.78 is 1.13. The van der Waals surface area contributed by atoms with Crippen molar-refractivity contribution in [3.05, 3.63) is 28.2 Å². The summed E-state index contributed by atoms with van der Waals surface area (Å²) in [4.78, 5) is 2.48. The molecule has 1 aromatic rings. The summed E-state index contributed by atoms with van der Waals surface area (Å²) in [5, 5.41) is 0. The summed E-state index contributed by atoms with van der Waals surface area (Å²) in [7, 11) is 0. The number of rotatable bonds is 3. The molecule has 0 bridgehead atoms. The Balaban J connectivity index is 2.06. The number of hydrogen-bond acceptors (Lipinski definition) is 2. The van der Waals surface area contributed by atoms with Crippen LogP contribution in [0, 0.1) is 5.92 Å². The van der Waals surface area contributed by atoms with Crippen LogP contribution in [0.5, 0.6) is 0 Å². The van der Waals surface area contributed by atoms with Crippen molar-refractivity contribution in [2.75, 3.05) is 18.0 Å². The average Bonchev–Trinajstić information content (AvgIpc) is 2.39. The normalized spacial score (nSPS) is 17.5. The number of anilines is 1. The molecule has 1 aliphatic rings. The molecule has 1 fully saturated rings. The van der Waals surface area contributed by atoms with Crippen LogP contribution < -0.4 is 10.6 Å². The highest BCUT2D eigenvalue weighted by molar-refractivity contribution is 9.10. The van der Waals surface area contributed by atoms with Crippen molar-refractivity contribution >= 4 is 21.6 Å². The molecule has 1 aromatic carbocycles. The first kappa shape index (κ1) is 12.9. The standard InChI is InChI=1S/C14H21BrN2/c1-2-11-5-7-17(8-6-11)13-4-3-12(10-16)14(15)9-13/h3-4,9,11H,2,5-8,10,16H2,1H3. The number of piperidine rings is 1. The number of nitrogens with zero attached hydrogens (tertiary/aromatic N) is 1. The minimum Gasteiger partial charge on any atom is -0.371 e. The van der Waals surface area contributed by atoms with Crippen LogP contribution in [0.4, 0.5) is 5.69 Å². The molecule has 94 valence electrons. The average molecular weight is 297 g/mol. The molecule has 17 heavy (non-hydrogen) atoms. The van der Waals surface area contributed by atoms with Crippen molar-refractivity contribution < 1.29 is 0 Å². The fourth-order valence-electron chi connectivity index (χ4n) is 2.50. The van der Waals surface area contributed by atoms with Gasteiger partial charge in [0.2, 0.25) is 0 Å². The van der Waals surface area contributed by atoms with Gasteiger partial charge in [0.1, 0.15) is 0 Å². The minimum absolute atomic E-state index is 0.596. The van der Waals surface area contributed by atoms with E-state index in [0.29, 0.717) is 6.54 Å². The molecular formula is C14H21BrN2. The van der Waals surface area contributed by atoms with Crippen LogP contribution in [0.2, 0.25) is 0 Å². The van der Waals surface area contributed by atoms with E-state index < -0.39 is 0 Å². The first-order valence-corrected chi connectivity index (χ1v) is 7.27.